The Morgan fingerprint density at radius 1 is 1.30 bits per heavy atom. The lowest BCUT2D eigenvalue weighted by atomic mass is 10.1. The number of rotatable bonds is 4. The molecule has 0 fully saturated rings. The molecular weight excluding hydrogens is 423 g/mol. The van der Waals surface area contributed by atoms with E-state index in [2.05, 4.69) is 15.3 Å². The van der Waals surface area contributed by atoms with Gasteiger partial charge < -0.3 is 20.3 Å². The second-order valence-electron chi connectivity index (χ2n) is 6.58. The minimum atomic E-state index is -5.19. The highest BCUT2D eigenvalue weighted by atomic mass is 35.5. The summed E-state index contributed by atoms with van der Waals surface area (Å²) in [4.78, 5) is 16.5. The van der Waals surface area contributed by atoms with E-state index in [1.54, 1.807) is 0 Å². The molecule has 0 spiro atoms. The predicted octanol–water partition coefficient (Wildman–Crippen LogP) is -0.0307. The van der Waals surface area contributed by atoms with E-state index in [0.717, 1.165) is 52.9 Å². The van der Waals surface area contributed by atoms with Gasteiger partial charge in [0.1, 0.15) is 5.97 Å². The number of alkyl halides is 3. The zero-order valence-electron chi connectivity index (χ0n) is 15.5. The van der Waals surface area contributed by atoms with Gasteiger partial charge in [-0.25, -0.2) is 4.99 Å². The third-order valence-corrected chi connectivity index (χ3v) is 4.78. The van der Waals surface area contributed by atoms with Crippen molar-refractivity contribution in [2.45, 2.75) is 19.0 Å². The molecule has 0 aromatic heterocycles. The average molecular weight is 440 g/mol. The van der Waals surface area contributed by atoms with Gasteiger partial charge in [-0.2, -0.15) is 13.2 Å². The molecule has 0 amide bonds. The number of phenolic OH excluding ortho intramolecular Hbond substituents is 1. The van der Waals surface area contributed by atoms with Gasteiger partial charge >= 0.3 is 6.18 Å². The fraction of sp³-hybridized carbons (Fsp3) is 0.250. The van der Waals surface area contributed by atoms with E-state index in [9.17, 15) is 18.3 Å². The van der Waals surface area contributed by atoms with Gasteiger partial charge in [-0.05, 0) is 36.6 Å². The van der Waals surface area contributed by atoms with E-state index >= 15 is 0 Å². The molecule has 6 nitrogen and oxygen atoms in total. The number of benzene rings is 2. The number of nitrogens with one attached hydrogen (secondary N) is 2. The van der Waals surface area contributed by atoms with E-state index in [1.165, 1.54) is 11.1 Å². The van der Waals surface area contributed by atoms with Gasteiger partial charge in [-0.1, -0.05) is 23.7 Å². The lowest BCUT2D eigenvalue weighted by Crippen LogP contribution is -2.61. The highest BCUT2D eigenvalue weighted by molar-refractivity contribution is 6.30. The van der Waals surface area contributed by atoms with Crippen LogP contribution in [0.3, 0.4) is 0 Å². The number of aliphatic carboxylic acids is 1. The summed E-state index contributed by atoms with van der Waals surface area (Å²) in [5.41, 5.74) is 3.93. The normalized spacial score (nSPS) is 13.8. The molecule has 2 aliphatic heterocycles. The van der Waals surface area contributed by atoms with Crippen molar-refractivity contribution in [2.24, 2.45) is 4.99 Å². The van der Waals surface area contributed by atoms with E-state index in [1.807, 2.05) is 36.5 Å². The SMILES string of the molecule is O=C([O-])C(F)(F)F.Oc1c(NCCc2ccc(Cl)cc2)cc2c3c1[NH+]=CC=3CCN=2. The molecule has 0 saturated carbocycles. The minimum Gasteiger partial charge on any atom is -0.542 e. The molecule has 0 radical (unpaired) electrons. The van der Waals surface area contributed by atoms with Gasteiger partial charge in [-0.3, -0.25) is 4.99 Å². The second-order valence-corrected chi connectivity index (χ2v) is 7.01. The standard InChI is InChI=1S/C18H16ClN3O.C2HF3O2/c19-13-3-1-11(2-4-13)5-7-21-15-9-14-16-12(6-8-20-14)10-22-17(16)18(15)23;3-2(4,5)1(6)7/h1-4,9-10,21,23H,5-8H2;(H,6,7). The van der Waals surface area contributed by atoms with Crippen LogP contribution >= 0.6 is 11.6 Å². The summed E-state index contributed by atoms with van der Waals surface area (Å²) in [5.74, 6) is -2.74. The Morgan fingerprint density at radius 2 is 1.97 bits per heavy atom. The van der Waals surface area contributed by atoms with Crippen molar-refractivity contribution in [3.63, 3.8) is 0 Å². The largest absolute Gasteiger partial charge is 0.542 e. The van der Waals surface area contributed by atoms with Crippen LogP contribution in [0.15, 0.2) is 35.3 Å². The first-order valence-corrected chi connectivity index (χ1v) is 9.34. The van der Waals surface area contributed by atoms with Crippen LogP contribution in [0.1, 0.15) is 12.0 Å². The molecule has 2 aromatic carbocycles. The van der Waals surface area contributed by atoms with Gasteiger partial charge in [0.15, 0.2) is 6.21 Å². The Hall–Kier alpha value is -3.07. The summed E-state index contributed by atoms with van der Waals surface area (Å²) < 4.78 is 31.5. The highest BCUT2D eigenvalue weighted by Gasteiger charge is 2.28. The molecule has 0 atom stereocenters. The van der Waals surface area contributed by atoms with Crippen molar-refractivity contribution >= 4 is 40.7 Å². The first-order chi connectivity index (χ1) is 14.2. The Balaban J connectivity index is 0.000000318. The lowest BCUT2D eigenvalue weighted by Gasteiger charge is -2.10. The van der Waals surface area contributed by atoms with E-state index in [0.29, 0.717) is 0 Å². The molecule has 2 aliphatic rings. The Labute approximate surface area is 174 Å². The van der Waals surface area contributed by atoms with Crippen molar-refractivity contribution < 1.29 is 33.2 Å². The van der Waals surface area contributed by atoms with Crippen LogP contribution in [0.25, 0.3) is 5.57 Å². The Kier molecular flexibility index (Phi) is 6.31. The van der Waals surface area contributed by atoms with Crippen molar-refractivity contribution in [1.82, 2.24) is 0 Å². The number of anilines is 1. The van der Waals surface area contributed by atoms with Gasteiger partial charge in [0.05, 0.1) is 16.3 Å². The highest BCUT2D eigenvalue weighted by Crippen LogP contribution is 2.26. The number of hydrogen-bond acceptors (Lipinski definition) is 5. The van der Waals surface area contributed by atoms with E-state index in [4.69, 9.17) is 21.5 Å². The number of nitrogens with zero attached hydrogens (tertiary/aromatic N) is 1. The molecule has 2 aromatic rings. The Bertz CT molecular complexity index is 1110. The molecule has 10 heteroatoms. The van der Waals surface area contributed by atoms with Crippen LogP contribution in [0.5, 0.6) is 5.75 Å². The predicted molar refractivity (Wildman–Crippen MR) is 103 cm³/mol. The molecule has 30 heavy (non-hydrogen) atoms. The third kappa shape index (κ3) is 4.91. The number of hydrogen-bond donors (Lipinski definition) is 3. The van der Waals surface area contributed by atoms with Crippen LogP contribution < -0.4 is 26.0 Å². The maximum atomic E-state index is 10.5. The number of carboxylic acids is 1. The van der Waals surface area contributed by atoms with Gasteiger partial charge in [-0.15, -0.1) is 0 Å². The average Bonchev–Trinajstić information content (AvgIpc) is 3.13. The molecular formula is C20H17ClF3N3O3. The molecule has 0 saturated heterocycles. The summed E-state index contributed by atoms with van der Waals surface area (Å²) in [6.45, 7) is 1.53. The number of carbonyl (C=O) groups is 1. The van der Waals surface area contributed by atoms with Crippen LogP contribution in [0, 0.1) is 0 Å². The van der Waals surface area contributed by atoms with Crippen molar-refractivity contribution in [1.29, 1.82) is 0 Å². The maximum absolute atomic E-state index is 10.5. The fourth-order valence-electron chi connectivity index (χ4n) is 3.10. The fourth-order valence-corrected chi connectivity index (χ4v) is 3.23. The zero-order valence-corrected chi connectivity index (χ0v) is 16.3. The van der Waals surface area contributed by atoms with Gasteiger partial charge in [0.2, 0.25) is 5.75 Å². The molecule has 0 unspecified atom stereocenters. The molecule has 0 bridgehead atoms. The molecule has 158 valence electrons. The number of carboxylic acid groups (broad SMARTS) is 1. The first-order valence-electron chi connectivity index (χ1n) is 8.96. The quantitative estimate of drug-likeness (QED) is 0.583. The number of halogens is 4. The number of phenols is 1. The summed E-state index contributed by atoms with van der Waals surface area (Å²) in [6.07, 6.45) is -1.44. The molecule has 3 N–H and O–H groups in total. The van der Waals surface area contributed by atoms with Gasteiger partial charge in [0, 0.05) is 23.7 Å². The second kappa shape index (κ2) is 8.74. The van der Waals surface area contributed by atoms with E-state index in [-0.39, 0.29) is 5.75 Å². The minimum absolute atomic E-state index is 0.267. The zero-order chi connectivity index (χ0) is 21.9. The summed E-state index contributed by atoms with van der Waals surface area (Å²) in [5, 5.41) is 25.3. The third-order valence-electron chi connectivity index (χ3n) is 4.53. The molecule has 0 aliphatic carbocycles. The summed E-state index contributed by atoms with van der Waals surface area (Å²) >= 11 is 5.90. The van der Waals surface area contributed by atoms with Crippen molar-refractivity contribution in [3.8, 4) is 5.75 Å². The summed E-state index contributed by atoms with van der Waals surface area (Å²) in [6, 6.07) is 9.76. The molecule has 2 heterocycles. The van der Waals surface area contributed by atoms with Gasteiger partial charge in [0.25, 0.3) is 5.69 Å². The summed E-state index contributed by atoms with van der Waals surface area (Å²) in [7, 11) is 0. The maximum Gasteiger partial charge on any atom is 0.430 e. The Morgan fingerprint density at radius 3 is 2.60 bits per heavy atom. The number of carbonyl (C=O) groups excluding carboxylic acids is 1. The van der Waals surface area contributed by atoms with Crippen LogP contribution in [0.2, 0.25) is 5.02 Å². The monoisotopic (exact) mass is 439 g/mol. The molecule has 4 rings (SSSR count). The number of aromatic hydroxyl groups is 1. The van der Waals surface area contributed by atoms with Crippen LogP contribution in [0.4, 0.5) is 24.5 Å². The first kappa shape index (κ1) is 21.6. The van der Waals surface area contributed by atoms with Crippen molar-refractivity contribution in [2.75, 3.05) is 18.4 Å². The lowest BCUT2D eigenvalue weighted by molar-refractivity contribution is -0.345. The van der Waals surface area contributed by atoms with E-state index < -0.39 is 12.1 Å². The smallest absolute Gasteiger partial charge is 0.430 e. The topological polar surface area (TPSA) is 98.7 Å². The van der Waals surface area contributed by atoms with Crippen molar-refractivity contribution in [3.05, 3.63) is 51.5 Å². The van der Waals surface area contributed by atoms with Crippen LogP contribution in [-0.2, 0) is 11.2 Å². The van der Waals surface area contributed by atoms with Crippen LogP contribution in [-0.4, -0.2) is 36.6 Å².